The molecular weight excluding hydrogens is 208 g/mol. The number of nitrogens with zero attached hydrogens (tertiary/aromatic N) is 1. The standard InChI is InChI=1S/C11H14N2O3/c1-13(2)9-5-3-8(4-6-9)12-10(14)7-11(15)16/h3-6H,7H2,1-2H3,(H,12,14)(H,15,16). The van der Waals surface area contributed by atoms with E-state index in [1.165, 1.54) is 0 Å². The molecule has 0 saturated carbocycles. The molecule has 0 unspecified atom stereocenters. The molecule has 5 nitrogen and oxygen atoms in total. The normalized spacial score (nSPS) is 9.62. The predicted molar refractivity (Wildman–Crippen MR) is 61.7 cm³/mol. The number of nitrogens with one attached hydrogen (secondary N) is 1. The molecule has 0 spiro atoms. The Morgan fingerprint density at radius 3 is 2.25 bits per heavy atom. The first kappa shape index (κ1) is 12.0. The largest absolute Gasteiger partial charge is 0.481 e. The van der Waals surface area contributed by atoms with Crippen molar-refractivity contribution in [3.8, 4) is 0 Å². The summed E-state index contributed by atoms with van der Waals surface area (Å²) in [5.41, 5.74) is 1.60. The van der Waals surface area contributed by atoms with Crippen LogP contribution in [0.25, 0.3) is 0 Å². The van der Waals surface area contributed by atoms with E-state index < -0.39 is 18.3 Å². The number of carboxylic acid groups (broad SMARTS) is 1. The Hall–Kier alpha value is -2.04. The van der Waals surface area contributed by atoms with Gasteiger partial charge in [0.2, 0.25) is 5.91 Å². The van der Waals surface area contributed by atoms with E-state index in [2.05, 4.69) is 5.32 Å². The van der Waals surface area contributed by atoms with E-state index >= 15 is 0 Å². The minimum atomic E-state index is -1.14. The molecular formula is C11H14N2O3. The zero-order valence-corrected chi connectivity index (χ0v) is 9.23. The Morgan fingerprint density at radius 2 is 1.81 bits per heavy atom. The lowest BCUT2D eigenvalue weighted by Gasteiger charge is -2.12. The number of benzene rings is 1. The Kier molecular flexibility index (Phi) is 3.88. The summed E-state index contributed by atoms with van der Waals surface area (Å²) in [5.74, 6) is -1.66. The van der Waals surface area contributed by atoms with Gasteiger partial charge in [-0.05, 0) is 24.3 Å². The highest BCUT2D eigenvalue weighted by atomic mass is 16.4. The predicted octanol–water partition coefficient (Wildman–Crippen LogP) is 1.17. The number of amides is 1. The van der Waals surface area contributed by atoms with Crippen LogP contribution in [0.4, 0.5) is 11.4 Å². The van der Waals surface area contributed by atoms with Crippen molar-refractivity contribution in [3.63, 3.8) is 0 Å². The zero-order chi connectivity index (χ0) is 12.1. The van der Waals surface area contributed by atoms with Gasteiger partial charge >= 0.3 is 5.97 Å². The lowest BCUT2D eigenvalue weighted by Crippen LogP contribution is -2.16. The van der Waals surface area contributed by atoms with E-state index in [-0.39, 0.29) is 0 Å². The summed E-state index contributed by atoms with van der Waals surface area (Å²) >= 11 is 0. The lowest BCUT2D eigenvalue weighted by molar-refractivity contribution is -0.139. The van der Waals surface area contributed by atoms with Gasteiger partial charge in [0.25, 0.3) is 0 Å². The first-order chi connectivity index (χ1) is 7.49. The van der Waals surface area contributed by atoms with Crippen molar-refractivity contribution in [3.05, 3.63) is 24.3 Å². The molecule has 5 heteroatoms. The highest BCUT2D eigenvalue weighted by molar-refractivity contribution is 6.01. The quantitative estimate of drug-likeness (QED) is 0.750. The van der Waals surface area contributed by atoms with Crippen LogP contribution in [0.5, 0.6) is 0 Å². The number of carbonyl (C=O) groups is 2. The van der Waals surface area contributed by atoms with Crippen molar-refractivity contribution >= 4 is 23.3 Å². The molecule has 2 N–H and O–H groups in total. The maximum atomic E-state index is 11.1. The molecule has 16 heavy (non-hydrogen) atoms. The maximum absolute atomic E-state index is 11.1. The first-order valence-electron chi connectivity index (χ1n) is 4.78. The highest BCUT2D eigenvalue weighted by Crippen LogP contribution is 2.15. The lowest BCUT2D eigenvalue weighted by atomic mass is 10.2. The van der Waals surface area contributed by atoms with Gasteiger partial charge in [-0.15, -0.1) is 0 Å². The van der Waals surface area contributed by atoms with Crippen molar-refractivity contribution in [1.82, 2.24) is 0 Å². The fraction of sp³-hybridized carbons (Fsp3) is 0.273. The van der Waals surface area contributed by atoms with Gasteiger partial charge in [-0.25, -0.2) is 0 Å². The van der Waals surface area contributed by atoms with Crippen molar-refractivity contribution in [2.24, 2.45) is 0 Å². The van der Waals surface area contributed by atoms with Crippen molar-refractivity contribution < 1.29 is 14.7 Å². The summed E-state index contributed by atoms with van der Waals surface area (Å²) in [6, 6.07) is 7.15. The second-order valence-corrected chi connectivity index (χ2v) is 3.56. The summed E-state index contributed by atoms with van der Waals surface area (Å²) in [6.07, 6.45) is -0.518. The van der Waals surface area contributed by atoms with Gasteiger partial charge < -0.3 is 15.3 Å². The Morgan fingerprint density at radius 1 is 1.25 bits per heavy atom. The van der Waals surface area contributed by atoms with Gasteiger partial charge in [0, 0.05) is 25.5 Å². The summed E-state index contributed by atoms with van der Waals surface area (Å²) in [4.78, 5) is 23.3. The molecule has 1 amide bonds. The minimum absolute atomic E-state index is 0.518. The number of anilines is 2. The molecule has 1 aromatic carbocycles. The van der Waals surface area contributed by atoms with E-state index in [0.29, 0.717) is 5.69 Å². The smallest absolute Gasteiger partial charge is 0.312 e. The number of rotatable bonds is 4. The van der Waals surface area contributed by atoms with Gasteiger partial charge in [-0.1, -0.05) is 0 Å². The second-order valence-electron chi connectivity index (χ2n) is 3.56. The molecule has 0 aromatic heterocycles. The molecule has 0 aliphatic carbocycles. The van der Waals surface area contributed by atoms with Gasteiger partial charge in [-0.2, -0.15) is 0 Å². The SMILES string of the molecule is CN(C)c1ccc(NC(=O)CC(=O)O)cc1. The molecule has 0 heterocycles. The average molecular weight is 222 g/mol. The van der Waals surface area contributed by atoms with Crippen LogP contribution in [-0.2, 0) is 9.59 Å². The Bertz CT molecular complexity index is 385. The number of aliphatic carboxylic acids is 1. The molecule has 0 aliphatic heterocycles. The second kappa shape index (κ2) is 5.16. The molecule has 86 valence electrons. The van der Waals surface area contributed by atoms with Crippen LogP contribution in [0.2, 0.25) is 0 Å². The third-order valence-electron chi connectivity index (χ3n) is 1.98. The molecule has 0 aliphatic rings. The highest BCUT2D eigenvalue weighted by Gasteiger charge is 2.07. The summed E-state index contributed by atoms with van der Waals surface area (Å²) in [6.45, 7) is 0. The molecule has 1 aromatic rings. The van der Waals surface area contributed by atoms with Crippen LogP contribution in [0, 0.1) is 0 Å². The van der Waals surface area contributed by atoms with E-state index in [1.807, 2.05) is 31.1 Å². The van der Waals surface area contributed by atoms with E-state index in [0.717, 1.165) is 5.69 Å². The molecule has 1 rings (SSSR count). The van der Waals surface area contributed by atoms with E-state index in [4.69, 9.17) is 5.11 Å². The summed E-state index contributed by atoms with van der Waals surface area (Å²) in [7, 11) is 3.83. The third-order valence-corrected chi connectivity index (χ3v) is 1.98. The van der Waals surface area contributed by atoms with Crippen LogP contribution in [-0.4, -0.2) is 31.1 Å². The topological polar surface area (TPSA) is 69.6 Å². The summed E-state index contributed by atoms with van der Waals surface area (Å²) in [5, 5.41) is 10.9. The first-order valence-corrected chi connectivity index (χ1v) is 4.78. The van der Waals surface area contributed by atoms with Crippen LogP contribution < -0.4 is 10.2 Å². The molecule has 0 bridgehead atoms. The fourth-order valence-corrected chi connectivity index (χ4v) is 1.19. The van der Waals surface area contributed by atoms with Crippen molar-refractivity contribution in [2.75, 3.05) is 24.3 Å². The Balaban J connectivity index is 2.62. The maximum Gasteiger partial charge on any atom is 0.312 e. The van der Waals surface area contributed by atoms with Crippen LogP contribution in [0.1, 0.15) is 6.42 Å². The molecule has 0 atom stereocenters. The van der Waals surface area contributed by atoms with E-state index in [9.17, 15) is 9.59 Å². The van der Waals surface area contributed by atoms with Crippen LogP contribution >= 0.6 is 0 Å². The van der Waals surface area contributed by atoms with Gasteiger partial charge in [0.05, 0.1) is 0 Å². The zero-order valence-electron chi connectivity index (χ0n) is 9.23. The van der Waals surface area contributed by atoms with Gasteiger partial charge in [0.15, 0.2) is 0 Å². The number of carbonyl (C=O) groups excluding carboxylic acids is 1. The van der Waals surface area contributed by atoms with Crippen molar-refractivity contribution in [2.45, 2.75) is 6.42 Å². The van der Waals surface area contributed by atoms with Gasteiger partial charge in [-0.3, -0.25) is 9.59 Å². The van der Waals surface area contributed by atoms with Crippen LogP contribution in [0.15, 0.2) is 24.3 Å². The number of hydrogen-bond acceptors (Lipinski definition) is 3. The minimum Gasteiger partial charge on any atom is -0.481 e. The Labute approximate surface area is 93.7 Å². The third kappa shape index (κ3) is 3.61. The number of hydrogen-bond donors (Lipinski definition) is 2. The summed E-state index contributed by atoms with van der Waals surface area (Å²) < 4.78 is 0. The molecule has 0 saturated heterocycles. The monoisotopic (exact) mass is 222 g/mol. The van der Waals surface area contributed by atoms with Crippen molar-refractivity contribution in [1.29, 1.82) is 0 Å². The van der Waals surface area contributed by atoms with Gasteiger partial charge in [0.1, 0.15) is 6.42 Å². The number of carboxylic acids is 1. The molecule has 0 radical (unpaired) electrons. The molecule has 0 fully saturated rings. The van der Waals surface area contributed by atoms with Crippen LogP contribution in [0.3, 0.4) is 0 Å². The average Bonchev–Trinajstić information content (AvgIpc) is 2.16. The fourth-order valence-electron chi connectivity index (χ4n) is 1.19. The van der Waals surface area contributed by atoms with E-state index in [1.54, 1.807) is 12.1 Å².